The highest BCUT2D eigenvalue weighted by Gasteiger charge is 2.16. The predicted octanol–water partition coefficient (Wildman–Crippen LogP) is 5.63. The highest BCUT2D eigenvalue weighted by Crippen LogP contribution is 2.39. The van der Waals surface area contributed by atoms with Gasteiger partial charge in [-0.3, -0.25) is 0 Å². The van der Waals surface area contributed by atoms with Crippen LogP contribution >= 0.6 is 11.3 Å². The van der Waals surface area contributed by atoms with E-state index in [1.165, 1.54) is 29.7 Å². The molecule has 0 saturated heterocycles. The van der Waals surface area contributed by atoms with E-state index in [1.807, 2.05) is 30.3 Å². The van der Waals surface area contributed by atoms with E-state index in [1.54, 1.807) is 36.4 Å². The van der Waals surface area contributed by atoms with Crippen LogP contribution in [0.4, 0.5) is 9.52 Å². The van der Waals surface area contributed by atoms with Crippen molar-refractivity contribution < 1.29 is 12.8 Å². The molecule has 0 fully saturated rings. The second kappa shape index (κ2) is 8.38. The summed E-state index contributed by atoms with van der Waals surface area (Å²) in [6.07, 6.45) is 1.18. The van der Waals surface area contributed by atoms with Crippen molar-refractivity contribution in [3.05, 3.63) is 90.2 Å². The maximum atomic E-state index is 13.4. The van der Waals surface area contributed by atoms with Crippen LogP contribution in [0, 0.1) is 5.82 Å². The van der Waals surface area contributed by atoms with Gasteiger partial charge in [-0.2, -0.15) is 0 Å². The van der Waals surface area contributed by atoms with Crippen LogP contribution in [0.25, 0.3) is 21.7 Å². The van der Waals surface area contributed by atoms with Gasteiger partial charge in [0.15, 0.2) is 15.0 Å². The Morgan fingerprint density at radius 3 is 2.17 bits per heavy atom. The molecule has 7 heteroatoms. The molecule has 0 aliphatic heterocycles. The Hall–Kier alpha value is -3.03. The van der Waals surface area contributed by atoms with E-state index in [4.69, 9.17) is 4.98 Å². The number of sulfone groups is 1. The van der Waals surface area contributed by atoms with Gasteiger partial charge in [0.1, 0.15) is 5.82 Å². The van der Waals surface area contributed by atoms with E-state index >= 15 is 0 Å². The number of nitrogens with one attached hydrogen (secondary N) is 1. The Morgan fingerprint density at radius 2 is 1.53 bits per heavy atom. The standard InChI is InChI=1S/C23H19FN2O2S2/c1-30(27,28)20-13-9-18(10-14-20)22-21(17-7-11-19(24)12-8-17)26-23(29-22)25-15-16-5-3-2-4-6-16/h2-14H,15H2,1H3,(H,25,26). The van der Waals surface area contributed by atoms with Crippen molar-refractivity contribution in [1.82, 2.24) is 4.98 Å². The van der Waals surface area contributed by atoms with Crippen LogP contribution in [0.5, 0.6) is 0 Å². The second-order valence-electron chi connectivity index (χ2n) is 6.84. The van der Waals surface area contributed by atoms with Crippen LogP contribution in [0.15, 0.2) is 83.8 Å². The van der Waals surface area contributed by atoms with Crippen molar-refractivity contribution in [1.29, 1.82) is 0 Å². The molecule has 1 N–H and O–H groups in total. The zero-order valence-electron chi connectivity index (χ0n) is 16.2. The maximum absolute atomic E-state index is 13.4. The quantitative estimate of drug-likeness (QED) is 0.424. The van der Waals surface area contributed by atoms with Crippen LogP contribution in [0.3, 0.4) is 0 Å². The van der Waals surface area contributed by atoms with Gasteiger partial charge in [0.2, 0.25) is 0 Å². The second-order valence-corrected chi connectivity index (χ2v) is 9.85. The van der Waals surface area contributed by atoms with E-state index in [0.29, 0.717) is 6.54 Å². The number of anilines is 1. The Balaban J connectivity index is 1.71. The lowest BCUT2D eigenvalue weighted by atomic mass is 10.1. The van der Waals surface area contributed by atoms with E-state index in [2.05, 4.69) is 5.32 Å². The van der Waals surface area contributed by atoms with Crippen LogP contribution in [0.1, 0.15) is 5.56 Å². The predicted molar refractivity (Wildman–Crippen MR) is 120 cm³/mol. The molecule has 4 nitrogen and oxygen atoms in total. The molecule has 0 amide bonds. The molecule has 1 aromatic heterocycles. The summed E-state index contributed by atoms with van der Waals surface area (Å²) in [6.45, 7) is 0.629. The molecule has 0 aliphatic carbocycles. The number of hydrogen-bond acceptors (Lipinski definition) is 5. The van der Waals surface area contributed by atoms with Crippen molar-refractivity contribution in [3.8, 4) is 21.7 Å². The van der Waals surface area contributed by atoms with E-state index in [-0.39, 0.29) is 10.7 Å². The van der Waals surface area contributed by atoms with Crippen molar-refractivity contribution in [3.63, 3.8) is 0 Å². The molecule has 0 unspecified atom stereocenters. The molecular formula is C23H19FN2O2S2. The molecule has 1 heterocycles. The summed E-state index contributed by atoms with van der Waals surface area (Å²) in [6, 6.07) is 22.9. The Labute approximate surface area is 179 Å². The van der Waals surface area contributed by atoms with E-state index in [9.17, 15) is 12.8 Å². The van der Waals surface area contributed by atoms with Gasteiger partial charge >= 0.3 is 0 Å². The first-order valence-corrected chi connectivity index (χ1v) is 12.0. The summed E-state index contributed by atoms with van der Waals surface area (Å²) in [5.74, 6) is -0.310. The first kappa shape index (κ1) is 20.3. The van der Waals surface area contributed by atoms with Crippen molar-refractivity contribution in [2.24, 2.45) is 0 Å². The van der Waals surface area contributed by atoms with Crippen LogP contribution in [-0.4, -0.2) is 19.7 Å². The molecule has 0 bridgehead atoms. The average Bonchev–Trinajstić information content (AvgIpc) is 3.17. The molecule has 4 aromatic rings. The molecular weight excluding hydrogens is 419 g/mol. The first-order chi connectivity index (χ1) is 14.4. The largest absolute Gasteiger partial charge is 0.357 e. The lowest BCUT2D eigenvalue weighted by Gasteiger charge is -2.04. The van der Waals surface area contributed by atoms with Crippen molar-refractivity contribution >= 4 is 26.3 Å². The number of hydrogen-bond donors (Lipinski definition) is 1. The normalized spacial score (nSPS) is 11.4. The van der Waals surface area contributed by atoms with Gasteiger partial charge < -0.3 is 5.32 Å². The highest BCUT2D eigenvalue weighted by atomic mass is 32.2. The fraction of sp³-hybridized carbons (Fsp3) is 0.0870. The third-order valence-electron chi connectivity index (χ3n) is 4.58. The number of rotatable bonds is 6. The summed E-state index contributed by atoms with van der Waals surface area (Å²) >= 11 is 1.48. The fourth-order valence-electron chi connectivity index (χ4n) is 3.02. The smallest absolute Gasteiger partial charge is 0.184 e. The minimum Gasteiger partial charge on any atom is -0.357 e. The van der Waals surface area contributed by atoms with Crippen LogP contribution in [0.2, 0.25) is 0 Å². The van der Waals surface area contributed by atoms with Gasteiger partial charge in [-0.25, -0.2) is 17.8 Å². The summed E-state index contributed by atoms with van der Waals surface area (Å²) in [5.41, 5.74) is 3.51. The van der Waals surface area contributed by atoms with Gasteiger partial charge in [0.05, 0.1) is 15.5 Å². The van der Waals surface area contributed by atoms with Crippen LogP contribution in [-0.2, 0) is 16.4 Å². The third-order valence-corrected chi connectivity index (χ3v) is 6.77. The molecule has 0 saturated carbocycles. The van der Waals surface area contributed by atoms with E-state index in [0.717, 1.165) is 32.4 Å². The van der Waals surface area contributed by atoms with Gasteiger partial charge in [0, 0.05) is 18.4 Å². The third kappa shape index (κ3) is 4.58. The first-order valence-electron chi connectivity index (χ1n) is 9.25. The SMILES string of the molecule is CS(=O)(=O)c1ccc(-c2sc(NCc3ccccc3)nc2-c2ccc(F)cc2)cc1. The van der Waals surface area contributed by atoms with Crippen molar-refractivity contribution in [2.75, 3.05) is 11.6 Å². The average molecular weight is 439 g/mol. The molecule has 0 spiro atoms. The Bertz CT molecular complexity index is 1250. The zero-order valence-corrected chi connectivity index (χ0v) is 17.8. The van der Waals surface area contributed by atoms with Gasteiger partial charge in [-0.05, 0) is 47.5 Å². The number of aromatic nitrogens is 1. The summed E-state index contributed by atoms with van der Waals surface area (Å²) < 4.78 is 36.9. The summed E-state index contributed by atoms with van der Waals surface area (Å²) in [4.78, 5) is 5.89. The Morgan fingerprint density at radius 1 is 0.900 bits per heavy atom. The maximum Gasteiger partial charge on any atom is 0.184 e. The van der Waals surface area contributed by atoms with Gasteiger partial charge in [-0.1, -0.05) is 53.8 Å². The highest BCUT2D eigenvalue weighted by molar-refractivity contribution is 7.90. The molecule has 0 atom stereocenters. The number of nitrogens with zero attached hydrogens (tertiary/aromatic N) is 1. The minimum atomic E-state index is -3.27. The molecule has 152 valence electrons. The lowest BCUT2D eigenvalue weighted by molar-refractivity contribution is 0.602. The van der Waals surface area contributed by atoms with Gasteiger partial charge in [-0.15, -0.1) is 0 Å². The summed E-state index contributed by atoms with van der Waals surface area (Å²) in [7, 11) is -3.27. The topological polar surface area (TPSA) is 59.1 Å². The molecule has 30 heavy (non-hydrogen) atoms. The summed E-state index contributed by atoms with van der Waals surface area (Å²) in [5, 5.41) is 4.08. The Kier molecular flexibility index (Phi) is 5.65. The zero-order chi connectivity index (χ0) is 21.1. The molecule has 3 aromatic carbocycles. The monoisotopic (exact) mass is 438 g/mol. The van der Waals surface area contributed by atoms with Gasteiger partial charge in [0.25, 0.3) is 0 Å². The van der Waals surface area contributed by atoms with E-state index < -0.39 is 9.84 Å². The van der Waals surface area contributed by atoms with Crippen molar-refractivity contribution in [2.45, 2.75) is 11.4 Å². The number of benzene rings is 3. The van der Waals surface area contributed by atoms with Crippen LogP contribution < -0.4 is 5.32 Å². The lowest BCUT2D eigenvalue weighted by Crippen LogP contribution is -1.98. The fourth-order valence-corrected chi connectivity index (χ4v) is 4.64. The molecule has 0 aliphatic rings. The minimum absolute atomic E-state index is 0.265. The number of halogens is 1. The number of thiazole rings is 1. The molecule has 0 radical (unpaired) electrons. The molecule has 4 rings (SSSR count).